The van der Waals surface area contributed by atoms with Crippen LogP contribution in [0.15, 0.2) is 4.42 Å². The van der Waals surface area contributed by atoms with Gasteiger partial charge in [-0.3, -0.25) is 0 Å². The Balaban J connectivity index is 2.31. The van der Waals surface area contributed by atoms with Gasteiger partial charge in [-0.05, 0) is 13.3 Å². The van der Waals surface area contributed by atoms with Crippen LogP contribution < -0.4 is 11.1 Å². The summed E-state index contributed by atoms with van der Waals surface area (Å²) in [6.45, 7) is 2.69. The lowest BCUT2D eigenvalue weighted by Gasteiger charge is -2.09. The SMILES string of the molecule is COCCC(C)Nc1nnc(N)o1. The van der Waals surface area contributed by atoms with Crippen molar-refractivity contribution in [3.05, 3.63) is 0 Å². The second-order valence-corrected chi connectivity index (χ2v) is 2.77. The smallest absolute Gasteiger partial charge is 0.317 e. The number of anilines is 2. The summed E-state index contributed by atoms with van der Waals surface area (Å²) in [5, 5.41) is 10.2. The maximum atomic E-state index is 5.25. The largest absolute Gasteiger partial charge is 0.390 e. The normalized spacial score (nSPS) is 12.8. The summed E-state index contributed by atoms with van der Waals surface area (Å²) < 4.78 is 9.86. The first-order valence-corrected chi connectivity index (χ1v) is 4.07. The molecule has 6 heteroatoms. The summed E-state index contributed by atoms with van der Waals surface area (Å²) in [4.78, 5) is 0. The van der Waals surface area contributed by atoms with E-state index in [4.69, 9.17) is 14.9 Å². The van der Waals surface area contributed by atoms with Gasteiger partial charge < -0.3 is 20.2 Å². The van der Waals surface area contributed by atoms with Crippen LogP contribution in [0.1, 0.15) is 13.3 Å². The number of methoxy groups -OCH3 is 1. The molecule has 0 fully saturated rings. The molecule has 0 aliphatic heterocycles. The van der Waals surface area contributed by atoms with E-state index >= 15 is 0 Å². The Morgan fingerprint density at radius 3 is 2.92 bits per heavy atom. The number of hydrogen-bond acceptors (Lipinski definition) is 6. The predicted molar refractivity (Wildman–Crippen MR) is 48.3 cm³/mol. The maximum absolute atomic E-state index is 5.25. The van der Waals surface area contributed by atoms with Crippen LogP contribution in [-0.4, -0.2) is 30.0 Å². The second kappa shape index (κ2) is 4.66. The highest BCUT2D eigenvalue weighted by Gasteiger charge is 2.06. The second-order valence-electron chi connectivity index (χ2n) is 2.77. The van der Waals surface area contributed by atoms with E-state index in [1.807, 2.05) is 6.92 Å². The molecular weight excluding hydrogens is 172 g/mol. The lowest BCUT2D eigenvalue weighted by atomic mass is 10.2. The van der Waals surface area contributed by atoms with Gasteiger partial charge in [0.2, 0.25) is 0 Å². The van der Waals surface area contributed by atoms with Crippen molar-refractivity contribution in [2.24, 2.45) is 0 Å². The van der Waals surface area contributed by atoms with Crippen molar-refractivity contribution in [3.63, 3.8) is 0 Å². The molecule has 0 aliphatic rings. The fourth-order valence-electron chi connectivity index (χ4n) is 0.870. The average molecular weight is 186 g/mol. The molecule has 6 nitrogen and oxygen atoms in total. The van der Waals surface area contributed by atoms with Crippen LogP contribution in [0.3, 0.4) is 0 Å². The highest BCUT2D eigenvalue weighted by atomic mass is 16.5. The molecule has 1 aromatic heterocycles. The third-order valence-electron chi connectivity index (χ3n) is 1.57. The van der Waals surface area contributed by atoms with Gasteiger partial charge in [0.1, 0.15) is 0 Å². The molecule has 1 atom stereocenters. The summed E-state index contributed by atoms with van der Waals surface area (Å²) in [7, 11) is 1.66. The minimum Gasteiger partial charge on any atom is -0.390 e. The average Bonchev–Trinajstić information content (AvgIpc) is 2.48. The molecule has 0 saturated heterocycles. The Morgan fingerprint density at radius 2 is 2.38 bits per heavy atom. The van der Waals surface area contributed by atoms with E-state index in [1.165, 1.54) is 0 Å². The summed E-state index contributed by atoms with van der Waals surface area (Å²) in [6.07, 6.45) is 0.874. The van der Waals surface area contributed by atoms with E-state index in [9.17, 15) is 0 Å². The van der Waals surface area contributed by atoms with Gasteiger partial charge in [-0.15, -0.1) is 0 Å². The highest BCUT2D eigenvalue weighted by Crippen LogP contribution is 2.08. The topological polar surface area (TPSA) is 86.2 Å². The minimum atomic E-state index is 0.0708. The van der Waals surface area contributed by atoms with Gasteiger partial charge in [0, 0.05) is 19.8 Å². The van der Waals surface area contributed by atoms with Crippen molar-refractivity contribution in [2.45, 2.75) is 19.4 Å². The van der Waals surface area contributed by atoms with Crippen LogP contribution in [0.4, 0.5) is 12.0 Å². The van der Waals surface area contributed by atoms with E-state index in [-0.39, 0.29) is 12.1 Å². The molecule has 0 spiro atoms. The monoisotopic (exact) mass is 186 g/mol. The predicted octanol–water partition coefficient (Wildman–Crippen LogP) is 0.489. The van der Waals surface area contributed by atoms with E-state index in [2.05, 4.69) is 15.5 Å². The fraction of sp³-hybridized carbons (Fsp3) is 0.714. The van der Waals surface area contributed by atoms with Gasteiger partial charge in [0.25, 0.3) is 0 Å². The van der Waals surface area contributed by atoms with Gasteiger partial charge in [-0.1, -0.05) is 10.2 Å². The van der Waals surface area contributed by atoms with Gasteiger partial charge >= 0.3 is 12.0 Å². The first kappa shape index (κ1) is 9.79. The lowest BCUT2D eigenvalue weighted by Crippen LogP contribution is -2.17. The molecule has 1 heterocycles. The first-order chi connectivity index (χ1) is 6.22. The molecule has 1 unspecified atom stereocenters. The Bertz CT molecular complexity index is 250. The fourth-order valence-corrected chi connectivity index (χ4v) is 0.870. The summed E-state index contributed by atoms with van der Waals surface area (Å²) in [6, 6.07) is 0.641. The van der Waals surface area contributed by atoms with Gasteiger partial charge in [-0.25, -0.2) is 0 Å². The molecule has 0 bridgehead atoms. The molecule has 13 heavy (non-hydrogen) atoms. The molecule has 0 radical (unpaired) electrons. The van der Waals surface area contributed by atoms with Crippen LogP contribution in [0.5, 0.6) is 0 Å². The van der Waals surface area contributed by atoms with Crippen molar-refractivity contribution in [1.29, 1.82) is 0 Å². The van der Waals surface area contributed by atoms with Crippen LogP contribution in [0.2, 0.25) is 0 Å². The zero-order valence-electron chi connectivity index (χ0n) is 7.78. The zero-order valence-corrected chi connectivity index (χ0v) is 7.78. The maximum Gasteiger partial charge on any atom is 0.317 e. The van der Waals surface area contributed by atoms with Crippen molar-refractivity contribution in [3.8, 4) is 0 Å². The van der Waals surface area contributed by atoms with E-state index in [0.717, 1.165) is 6.42 Å². The van der Waals surface area contributed by atoms with Crippen molar-refractivity contribution in [1.82, 2.24) is 10.2 Å². The quantitative estimate of drug-likeness (QED) is 0.696. The number of nitrogens with one attached hydrogen (secondary N) is 1. The number of nitrogen functional groups attached to an aromatic ring is 1. The standard InChI is InChI=1S/C7H14N4O2/c1-5(3-4-12-2)9-7-11-10-6(8)13-7/h5H,3-4H2,1-2H3,(H2,8,10)(H,9,11). The number of rotatable bonds is 5. The van der Waals surface area contributed by atoms with E-state index in [1.54, 1.807) is 7.11 Å². The summed E-state index contributed by atoms with van der Waals surface area (Å²) in [5.41, 5.74) is 5.25. The molecule has 0 aromatic carbocycles. The Kier molecular flexibility index (Phi) is 3.51. The molecule has 1 aromatic rings. The van der Waals surface area contributed by atoms with Gasteiger partial charge in [-0.2, -0.15) is 0 Å². The number of nitrogens with zero attached hydrogens (tertiary/aromatic N) is 2. The number of ether oxygens (including phenoxy) is 1. The van der Waals surface area contributed by atoms with Crippen LogP contribution >= 0.6 is 0 Å². The van der Waals surface area contributed by atoms with Crippen molar-refractivity contribution < 1.29 is 9.15 Å². The third-order valence-corrected chi connectivity index (χ3v) is 1.57. The summed E-state index contributed by atoms with van der Waals surface area (Å²) in [5.74, 6) is 0. The van der Waals surface area contributed by atoms with Crippen molar-refractivity contribution >= 4 is 12.0 Å². The number of aromatic nitrogens is 2. The Morgan fingerprint density at radius 1 is 1.62 bits per heavy atom. The van der Waals surface area contributed by atoms with E-state index in [0.29, 0.717) is 12.6 Å². The Hall–Kier alpha value is -1.30. The molecule has 0 amide bonds. The van der Waals surface area contributed by atoms with Gasteiger partial charge in [0.05, 0.1) is 0 Å². The van der Waals surface area contributed by atoms with Crippen LogP contribution in [-0.2, 0) is 4.74 Å². The van der Waals surface area contributed by atoms with Crippen molar-refractivity contribution in [2.75, 3.05) is 24.8 Å². The van der Waals surface area contributed by atoms with E-state index < -0.39 is 0 Å². The third kappa shape index (κ3) is 3.29. The molecule has 0 aliphatic carbocycles. The molecule has 0 saturated carbocycles. The lowest BCUT2D eigenvalue weighted by molar-refractivity contribution is 0.191. The first-order valence-electron chi connectivity index (χ1n) is 4.07. The summed E-state index contributed by atoms with van der Waals surface area (Å²) >= 11 is 0. The molecular formula is C7H14N4O2. The van der Waals surface area contributed by atoms with Crippen LogP contribution in [0.25, 0.3) is 0 Å². The zero-order chi connectivity index (χ0) is 9.68. The molecule has 1 rings (SSSR count). The molecule has 3 N–H and O–H groups in total. The Labute approximate surface area is 76.5 Å². The van der Waals surface area contributed by atoms with Gasteiger partial charge in [0.15, 0.2) is 0 Å². The number of nitrogens with two attached hydrogens (primary N) is 1. The highest BCUT2D eigenvalue weighted by molar-refractivity contribution is 5.23. The van der Waals surface area contributed by atoms with Crippen LogP contribution in [0, 0.1) is 0 Å². The minimum absolute atomic E-state index is 0.0708. The molecule has 74 valence electrons. The number of hydrogen-bond donors (Lipinski definition) is 2.